The summed E-state index contributed by atoms with van der Waals surface area (Å²) in [6.45, 7) is 6.11. The number of carbonyl (C=O) groups excluding carboxylic acids is 1. The molecule has 12 heteroatoms. The molecule has 7 nitrogen and oxygen atoms in total. The summed E-state index contributed by atoms with van der Waals surface area (Å²) in [5, 5.41) is 5.15. The highest BCUT2D eigenvalue weighted by molar-refractivity contribution is 6.35. The Bertz CT molecular complexity index is 1570. The minimum absolute atomic E-state index is 0.0573. The number of halogens is 5. The second kappa shape index (κ2) is 14.2. The number of nitrogens with zero attached hydrogens (tertiary/aromatic N) is 3. The maximum absolute atomic E-state index is 12.7. The fourth-order valence-electron chi connectivity index (χ4n) is 5.51. The van der Waals surface area contributed by atoms with Crippen LogP contribution in [0, 0.1) is 0 Å². The number of alkyl halides is 3. The van der Waals surface area contributed by atoms with Gasteiger partial charge in [0.15, 0.2) is 0 Å². The molecule has 1 amide bonds. The molecule has 1 aliphatic heterocycles. The number of piperazine rings is 1. The van der Waals surface area contributed by atoms with Gasteiger partial charge < -0.3 is 20.4 Å². The van der Waals surface area contributed by atoms with Crippen molar-refractivity contribution < 1.29 is 22.7 Å². The fourth-order valence-corrected chi connectivity index (χ4v) is 6.03. The van der Waals surface area contributed by atoms with Crippen LogP contribution >= 0.6 is 23.2 Å². The Morgan fingerprint density at radius 2 is 1.59 bits per heavy atom. The van der Waals surface area contributed by atoms with E-state index in [4.69, 9.17) is 28.9 Å². The number of rotatable bonds is 11. The summed E-state index contributed by atoms with van der Waals surface area (Å²) in [6.07, 6.45) is -2.05. The zero-order valence-corrected chi connectivity index (χ0v) is 25.6. The van der Waals surface area contributed by atoms with Gasteiger partial charge in [0.2, 0.25) is 5.91 Å². The lowest BCUT2D eigenvalue weighted by Gasteiger charge is -2.35. The molecule has 3 aromatic carbocycles. The zero-order chi connectivity index (χ0) is 31.3. The van der Waals surface area contributed by atoms with E-state index in [2.05, 4.69) is 42.6 Å². The van der Waals surface area contributed by atoms with Gasteiger partial charge in [-0.2, -0.15) is 0 Å². The van der Waals surface area contributed by atoms with Crippen LogP contribution in [-0.4, -0.2) is 65.9 Å². The Hall–Kier alpha value is -3.28. The summed E-state index contributed by atoms with van der Waals surface area (Å²) in [7, 11) is 0. The number of hydrogen-bond donors (Lipinski definition) is 2. The summed E-state index contributed by atoms with van der Waals surface area (Å²) < 4.78 is 44.3. The SMILES string of the molecule is NCC(=O)NCCCn1cc(-c2ccc(OC(F)(F)F)cc2)c2cc(CN3CCN(Cc4c(Cl)cccc4Cl)CC3)ccc21. The number of nitrogens with one attached hydrogen (secondary N) is 1. The van der Waals surface area contributed by atoms with Crippen LogP contribution < -0.4 is 15.8 Å². The lowest BCUT2D eigenvalue weighted by molar-refractivity contribution is -0.274. The molecule has 0 unspecified atom stereocenters. The lowest BCUT2D eigenvalue weighted by atomic mass is 10.0. The molecule has 1 aliphatic rings. The number of aryl methyl sites for hydroxylation is 1. The van der Waals surface area contributed by atoms with E-state index in [-0.39, 0.29) is 18.2 Å². The summed E-state index contributed by atoms with van der Waals surface area (Å²) >= 11 is 12.8. The predicted molar refractivity (Wildman–Crippen MR) is 168 cm³/mol. The van der Waals surface area contributed by atoms with Crippen molar-refractivity contribution in [1.29, 1.82) is 0 Å². The van der Waals surface area contributed by atoms with Crippen LogP contribution in [0.15, 0.2) is 66.9 Å². The van der Waals surface area contributed by atoms with Gasteiger partial charge in [-0.15, -0.1) is 13.2 Å². The Morgan fingerprint density at radius 1 is 0.932 bits per heavy atom. The largest absolute Gasteiger partial charge is 0.573 e. The molecular weight excluding hydrogens is 614 g/mol. The highest BCUT2D eigenvalue weighted by Gasteiger charge is 2.31. The van der Waals surface area contributed by atoms with Gasteiger partial charge in [0.05, 0.1) is 6.54 Å². The molecule has 234 valence electrons. The first-order valence-electron chi connectivity index (χ1n) is 14.4. The van der Waals surface area contributed by atoms with Gasteiger partial charge in [-0.3, -0.25) is 14.6 Å². The normalized spacial score (nSPS) is 14.7. The molecule has 0 bridgehead atoms. The van der Waals surface area contributed by atoms with Gasteiger partial charge in [0.1, 0.15) is 5.75 Å². The minimum atomic E-state index is -4.75. The first kappa shape index (κ1) is 32.1. The molecule has 0 spiro atoms. The topological polar surface area (TPSA) is 75.8 Å². The maximum atomic E-state index is 12.7. The van der Waals surface area contributed by atoms with Crippen molar-refractivity contribution in [3.8, 4) is 16.9 Å². The number of ether oxygens (including phenoxy) is 1. The highest BCUT2D eigenvalue weighted by atomic mass is 35.5. The molecular formula is C32H34Cl2F3N5O2. The molecule has 3 N–H and O–H groups in total. The Balaban J connectivity index is 1.31. The number of benzene rings is 3. The van der Waals surface area contributed by atoms with Gasteiger partial charge in [0.25, 0.3) is 0 Å². The van der Waals surface area contributed by atoms with E-state index in [9.17, 15) is 18.0 Å². The van der Waals surface area contributed by atoms with Crippen molar-refractivity contribution in [3.63, 3.8) is 0 Å². The summed E-state index contributed by atoms with van der Waals surface area (Å²) in [5.41, 5.74) is 10.2. The third-order valence-corrected chi connectivity index (χ3v) is 8.45. The van der Waals surface area contributed by atoms with Crippen LogP contribution in [0.25, 0.3) is 22.0 Å². The Morgan fingerprint density at radius 3 is 2.23 bits per heavy atom. The average molecular weight is 649 g/mol. The third-order valence-electron chi connectivity index (χ3n) is 7.74. The first-order valence-corrected chi connectivity index (χ1v) is 15.2. The molecule has 2 heterocycles. The molecule has 4 aromatic rings. The molecule has 1 fully saturated rings. The van der Waals surface area contributed by atoms with E-state index in [1.807, 2.05) is 24.4 Å². The summed E-state index contributed by atoms with van der Waals surface area (Å²) in [5.74, 6) is -0.473. The number of carbonyl (C=O) groups is 1. The molecule has 1 saturated heterocycles. The van der Waals surface area contributed by atoms with Crippen molar-refractivity contribution in [2.24, 2.45) is 5.73 Å². The van der Waals surface area contributed by atoms with E-state index in [1.54, 1.807) is 12.1 Å². The minimum Gasteiger partial charge on any atom is -0.406 e. The number of nitrogens with two attached hydrogens (primary N) is 1. The summed E-state index contributed by atoms with van der Waals surface area (Å²) in [4.78, 5) is 16.3. The molecule has 1 aromatic heterocycles. The number of amides is 1. The molecule has 0 atom stereocenters. The molecule has 0 aliphatic carbocycles. The summed E-state index contributed by atoms with van der Waals surface area (Å²) in [6, 6.07) is 17.9. The van der Waals surface area contributed by atoms with Gasteiger partial charge in [-0.25, -0.2) is 0 Å². The van der Waals surface area contributed by atoms with Crippen LogP contribution in [-0.2, 0) is 24.4 Å². The Kier molecular flexibility index (Phi) is 10.4. The lowest BCUT2D eigenvalue weighted by Crippen LogP contribution is -2.45. The van der Waals surface area contributed by atoms with Crippen molar-refractivity contribution in [1.82, 2.24) is 19.7 Å². The average Bonchev–Trinajstić information content (AvgIpc) is 3.35. The standard InChI is InChI=1S/C32H34Cl2F3N5O2/c33-28-3-1-4-29(34)27(28)20-41-15-13-40(14-16-41)19-22-5-10-30-25(17-22)26(21-42(30)12-2-11-39-31(43)18-38)23-6-8-24(9-7-23)44-32(35,36)37/h1,3-10,17,21H,2,11-16,18-20,38H2,(H,39,43). The number of fused-ring (bicyclic) bond motifs is 1. The van der Waals surface area contributed by atoms with Gasteiger partial charge in [-0.1, -0.05) is 47.5 Å². The monoisotopic (exact) mass is 647 g/mol. The second-order valence-electron chi connectivity index (χ2n) is 10.8. The van der Waals surface area contributed by atoms with Gasteiger partial charge in [-0.05, 0) is 53.9 Å². The van der Waals surface area contributed by atoms with Gasteiger partial charge in [0, 0.05) is 90.6 Å². The quantitative estimate of drug-likeness (QED) is 0.187. The molecule has 44 heavy (non-hydrogen) atoms. The van der Waals surface area contributed by atoms with E-state index >= 15 is 0 Å². The van der Waals surface area contributed by atoms with E-state index in [0.29, 0.717) is 36.1 Å². The molecule has 0 radical (unpaired) electrons. The van der Waals surface area contributed by atoms with E-state index in [0.717, 1.165) is 65.9 Å². The number of hydrogen-bond acceptors (Lipinski definition) is 5. The fraction of sp³-hybridized carbons (Fsp3) is 0.344. The molecule has 5 rings (SSSR count). The van der Waals surface area contributed by atoms with Crippen molar-refractivity contribution in [3.05, 3.63) is 88.0 Å². The van der Waals surface area contributed by atoms with Crippen molar-refractivity contribution in [2.45, 2.75) is 32.4 Å². The first-order chi connectivity index (χ1) is 21.1. The van der Waals surface area contributed by atoms with E-state index in [1.165, 1.54) is 12.1 Å². The van der Waals surface area contributed by atoms with Crippen LogP contribution in [0.4, 0.5) is 13.2 Å². The maximum Gasteiger partial charge on any atom is 0.573 e. The van der Waals surface area contributed by atoms with Crippen LogP contribution in [0.1, 0.15) is 17.5 Å². The number of aromatic nitrogens is 1. The molecule has 0 saturated carbocycles. The second-order valence-corrected chi connectivity index (χ2v) is 11.6. The highest BCUT2D eigenvalue weighted by Crippen LogP contribution is 2.34. The van der Waals surface area contributed by atoms with Gasteiger partial charge >= 0.3 is 6.36 Å². The van der Waals surface area contributed by atoms with Crippen LogP contribution in [0.3, 0.4) is 0 Å². The van der Waals surface area contributed by atoms with Crippen molar-refractivity contribution in [2.75, 3.05) is 39.3 Å². The zero-order valence-electron chi connectivity index (χ0n) is 24.0. The van der Waals surface area contributed by atoms with Crippen LogP contribution in [0.5, 0.6) is 5.75 Å². The van der Waals surface area contributed by atoms with E-state index < -0.39 is 6.36 Å². The Labute approximate surface area is 264 Å². The third kappa shape index (κ3) is 8.25. The van der Waals surface area contributed by atoms with Crippen molar-refractivity contribution >= 4 is 40.0 Å². The predicted octanol–water partition coefficient (Wildman–Crippen LogP) is 6.30. The van der Waals surface area contributed by atoms with Crippen LogP contribution in [0.2, 0.25) is 10.0 Å². The smallest absolute Gasteiger partial charge is 0.406 e.